The average Bonchev–Trinajstić information content (AvgIpc) is 3.38. The minimum atomic E-state index is -3.37. The first-order valence-corrected chi connectivity index (χ1v) is 9.83. The van der Waals surface area contributed by atoms with Crippen LogP contribution in [0, 0.1) is 18.3 Å². The maximum absolute atomic E-state index is 12.0. The van der Waals surface area contributed by atoms with E-state index in [1.54, 1.807) is 31.4 Å². The zero-order chi connectivity index (χ0) is 18.2. The summed E-state index contributed by atoms with van der Waals surface area (Å²) in [6.45, 7) is 0.596. The highest BCUT2D eigenvalue weighted by Crippen LogP contribution is 2.35. The van der Waals surface area contributed by atoms with Gasteiger partial charge in [0.1, 0.15) is 5.75 Å². The SMILES string of the molecule is C#Cc1cc(-c2cc(S(C)(=O)=O)ccc2OCC2CC2)cn(C)c1=O. The van der Waals surface area contributed by atoms with E-state index in [0.717, 1.165) is 19.1 Å². The van der Waals surface area contributed by atoms with Crippen LogP contribution >= 0.6 is 0 Å². The molecule has 1 aromatic heterocycles. The monoisotopic (exact) mass is 357 g/mol. The molecular formula is C19H19NO4S. The van der Waals surface area contributed by atoms with Crippen LogP contribution in [-0.2, 0) is 16.9 Å². The van der Waals surface area contributed by atoms with Crippen LogP contribution in [0.15, 0.2) is 40.2 Å². The van der Waals surface area contributed by atoms with Crippen molar-refractivity contribution in [3.63, 3.8) is 0 Å². The fourth-order valence-corrected chi connectivity index (χ4v) is 3.19. The second-order valence-electron chi connectivity index (χ2n) is 6.39. The third kappa shape index (κ3) is 3.77. The summed E-state index contributed by atoms with van der Waals surface area (Å²) in [5.41, 5.74) is 1.20. The van der Waals surface area contributed by atoms with Gasteiger partial charge in [0, 0.05) is 30.6 Å². The molecule has 0 aliphatic heterocycles. The number of hydrogen-bond donors (Lipinski definition) is 0. The summed E-state index contributed by atoms with van der Waals surface area (Å²) in [6.07, 6.45) is 10.5. The lowest BCUT2D eigenvalue weighted by Gasteiger charge is -2.14. The number of pyridine rings is 1. The maximum Gasteiger partial charge on any atom is 0.266 e. The van der Waals surface area contributed by atoms with Gasteiger partial charge in [0.25, 0.3) is 5.56 Å². The lowest BCUT2D eigenvalue weighted by molar-refractivity contribution is 0.301. The van der Waals surface area contributed by atoms with E-state index >= 15 is 0 Å². The summed E-state index contributed by atoms with van der Waals surface area (Å²) in [6, 6.07) is 6.35. The standard InChI is InChI=1S/C19H19NO4S/c1-4-14-9-15(11-20(2)19(14)21)17-10-16(25(3,22)23)7-8-18(17)24-12-13-5-6-13/h1,7-11,13H,5-6,12H2,2-3H3. The Morgan fingerprint density at radius 3 is 2.64 bits per heavy atom. The molecule has 0 spiro atoms. The molecule has 1 aliphatic rings. The minimum Gasteiger partial charge on any atom is -0.493 e. The average molecular weight is 357 g/mol. The van der Waals surface area contributed by atoms with Gasteiger partial charge in [-0.25, -0.2) is 8.42 Å². The Morgan fingerprint density at radius 2 is 2.04 bits per heavy atom. The van der Waals surface area contributed by atoms with Crippen LogP contribution in [0.25, 0.3) is 11.1 Å². The summed E-state index contributed by atoms with van der Waals surface area (Å²) in [5.74, 6) is 3.52. The molecule has 0 N–H and O–H groups in total. The van der Waals surface area contributed by atoms with E-state index in [9.17, 15) is 13.2 Å². The molecule has 2 aromatic rings. The molecule has 3 rings (SSSR count). The minimum absolute atomic E-state index is 0.192. The summed E-state index contributed by atoms with van der Waals surface area (Å²) < 4.78 is 31.1. The lowest BCUT2D eigenvalue weighted by atomic mass is 10.0. The van der Waals surface area contributed by atoms with E-state index in [2.05, 4.69) is 5.92 Å². The normalized spacial score (nSPS) is 14.1. The van der Waals surface area contributed by atoms with E-state index < -0.39 is 9.84 Å². The van der Waals surface area contributed by atoms with Gasteiger partial charge in [-0.2, -0.15) is 0 Å². The summed E-state index contributed by atoms with van der Waals surface area (Å²) in [4.78, 5) is 12.2. The number of sulfone groups is 1. The van der Waals surface area contributed by atoms with Crippen molar-refractivity contribution in [1.82, 2.24) is 4.57 Å². The third-order valence-electron chi connectivity index (χ3n) is 4.20. The molecule has 1 aliphatic carbocycles. The summed E-state index contributed by atoms with van der Waals surface area (Å²) in [5, 5.41) is 0. The Labute approximate surface area is 147 Å². The Balaban J connectivity index is 2.15. The molecule has 1 aromatic carbocycles. The molecule has 1 fully saturated rings. The highest BCUT2D eigenvalue weighted by atomic mass is 32.2. The predicted molar refractivity (Wildman–Crippen MR) is 96.4 cm³/mol. The molecule has 0 bridgehead atoms. The number of nitrogens with zero attached hydrogens (tertiary/aromatic N) is 1. The van der Waals surface area contributed by atoms with Gasteiger partial charge < -0.3 is 9.30 Å². The Kier molecular flexibility index (Phi) is 4.44. The van der Waals surface area contributed by atoms with Gasteiger partial charge in [-0.1, -0.05) is 5.92 Å². The molecule has 1 heterocycles. The zero-order valence-electron chi connectivity index (χ0n) is 14.2. The number of benzene rings is 1. The molecule has 25 heavy (non-hydrogen) atoms. The van der Waals surface area contributed by atoms with Crippen LogP contribution in [0.4, 0.5) is 0 Å². The Morgan fingerprint density at radius 1 is 1.32 bits per heavy atom. The molecule has 0 unspecified atom stereocenters. The zero-order valence-corrected chi connectivity index (χ0v) is 15.0. The van der Waals surface area contributed by atoms with Gasteiger partial charge in [-0.15, -0.1) is 6.42 Å². The van der Waals surface area contributed by atoms with Gasteiger partial charge in [-0.3, -0.25) is 4.79 Å². The number of ether oxygens (including phenoxy) is 1. The van der Waals surface area contributed by atoms with Gasteiger partial charge in [0.15, 0.2) is 9.84 Å². The van der Waals surface area contributed by atoms with Crippen LogP contribution in [0.2, 0.25) is 0 Å². The fourth-order valence-electron chi connectivity index (χ4n) is 2.55. The van der Waals surface area contributed by atoms with Crippen LogP contribution in [-0.4, -0.2) is 25.8 Å². The molecule has 5 nitrogen and oxygen atoms in total. The highest BCUT2D eigenvalue weighted by Gasteiger charge is 2.23. The van der Waals surface area contributed by atoms with Gasteiger partial charge in [0.05, 0.1) is 17.1 Å². The lowest BCUT2D eigenvalue weighted by Crippen LogP contribution is -2.19. The summed E-state index contributed by atoms with van der Waals surface area (Å²) >= 11 is 0. The van der Waals surface area contributed by atoms with E-state index in [0.29, 0.717) is 29.4 Å². The topological polar surface area (TPSA) is 65.4 Å². The van der Waals surface area contributed by atoms with Crippen LogP contribution in [0.3, 0.4) is 0 Å². The second kappa shape index (κ2) is 6.41. The van der Waals surface area contributed by atoms with Crippen molar-refractivity contribution < 1.29 is 13.2 Å². The van der Waals surface area contributed by atoms with E-state index in [4.69, 9.17) is 11.2 Å². The van der Waals surface area contributed by atoms with Crippen LogP contribution in [0.1, 0.15) is 18.4 Å². The van der Waals surface area contributed by atoms with Crippen molar-refractivity contribution in [3.05, 3.63) is 46.4 Å². The number of aryl methyl sites for hydroxylation is 1. The molecule has 0 amide bonds. The smallest absolute Gasteiger partial charge is 0.266 e. The first kappa shape index (κ1) is 17.3. The molecular weight excluding hydrogens is 338 g/mol. The number of hydrogen-bond acceptors (Lipinski definition) is 4. The molecule has 0 saturated heterocycles. The van der Waals surface area contributed by atoms with Crippen molar-refractivity contribution in [2.75, 3.05) is 12.9 Å². The first-order valence-electron chi connectivity index (χ1n) is 7.94. The number of rotatable bonds is 5. The van der Waals surface area contributed by atoms with Crippen LogP contribution in [0.5, 0.6) is 5.75 Å². The maximum atomic E-state index is 12.0. The largest absolute Gasteiger partial charge is 0.493 e. The van der Waals surface area contributed by atoms with Gasteiger partial charge in [0.2, 0.25) is 0 Å². The molecule has 0 radical (unpaired) electrons. The highest BCUT2D eigenvalue weighted by molar-refractivity contribution is 7.90. The molecule has 6 heteroatoms. The first-order chi connectivity index (χ1) is 11.8. The van der Waals surface area contributed by atoms with E-state index in [-0.39, 0.29) is 16.0 Å². The molecule has 1 saturated carbocycles. The van der Waals surface area contributed by atoms with Crippen molar-refractivity contribution in [1.29, 1.82) is 0 Å². The van der Waals surface area contributed by atoms with Crippen molar-refractivity contribution in [2.24, 2.45) is 13.0 Å². The fraction of sp³-hybridized carbons (Fsp3) is 0.316. The van der Waals surface area contributed by atoms with E-state index in [1.165, 1.54) is 10.6 Å². The quantitative estimate of drug-likeness (QED) is 0.770. The second-order valence-corrected chi connectivity index (χ2v) is 8.40. The predicted octanol–water partition coefficient (Wildman–Crippen LogP) is 2.23. The van der Waals surface area contributed by atoms with Crippen molar-refractivity contribution in [3.8, 4) is 29.2 Å². The van der Waals surface area contributed by atoms with Crippen molar-refractivity contribution in [2.45, 2.75) is 17.7 Å². The van der Waals surface area contributed by atoms with E-state index in [1.807, 2.05) is 0 Å². The summed E-state index contributed by atoms with van der Waals surface area (Å²) in [7, 11) is -1.76. The number of aromatic nitrogens is 1. The number of terminal acetylenes is 1. The third-order valence-corrected chi connectivity index (χ3v) is 5.31. The van der Waals surface area contributed by atoms with Gasteiger partial charge in [-0.05, 0) is 43.0 Å². The van der Waals surface area contributed by atoms with Gasteiger partial charge >= 0.3 is 0 Å². The molecule has 130 valence electrons. The Bertz CT molecular complexity index is 1020. The molecule has 0 atom stereocenters. The van der Waals surface area contributed by atoms with Crippen LogP contribution < -0.4 is 10.3 Å². The van der Waals surface area contributed by atoms with Crippen molar-refractivity contribution >= 4 is 9.84 Å². The Hall–Kier alpha value is -2.52.